The summed E-state index contributed by atoms with van der Waals surface area (Å²) in [4.78, 5) is 14.9. The van der Waals surface area contributed by atoms with E-state index < -0.39 is 0 Å². The van der Waals surface area contributed by atoms with Gasteiger partial charge in [-0.1, -0.05) is 75.0 Å². The number of hydrogen-bond donors (Lipinski definition) is 0. The van der Waals surface area contributed by atoms with Gasteiger partial charge >= 0.3 is 0 Å². The average molecular weight is 422 g/mol. The fourth-order valence-electron chi connectivity index (χ4n) is 3.79. The van der Waals surface area contributed by atoms with E-state index in [-0.39, 0.29) is 17.4 Å². The van der Waals surface area contributed by atoms with E-state index in [1.54, 1.807) is 0 Å². The zero-order chi connectivity index (χ0) is 21.1. The van der Waals surface area contributed by atoms with Crippen LogP contribution in [0.4, 0.5) is 0 Å². The number of likely N-dealkylation sites (tertiary alicyclic amines) is 1. The van der Waals surface area contributed by atoms with Crippen LogP contribution in [0.15, 0.2) is 64.2 Å². The molecule has 30 heavy (non-hydrogen) atoms. The first kappa shape index (κ1) is 20.7. The van der Waals surface area contributed by atoms with Crippen molar-refractivity contribution < 1.29 is 9.21 Å². The maximum Gasteiger partial charge on any atom is 0.277 e. The van der Waals surface area contributed by atoms with Crippen molar-refractivity contribution in [2.45, 2.75) is 50.3 Å². The topological polar surface area (TPSA) is 59.2 Å². The Labute approximate surface area is 181 Å². The molecule has 0 aliphatic carbocycles. The standard InChI is InChI=1S/C24H27N3O2S/c1-24(2,3)19-13-11-17(12-14-19)20-10-7-15-27(20)21(28)16-30-23-26-25-22(29-23)18-8-5-4-6-9-18/h4-6,8-9,11-14,20H,7,10,15-16H2,1-3H3. The third-order valence-corrected chi connectivity index (χ3v) is 6.28. The van der Waals surface area contributed by atoms with E-state index in [9.17, 15) is 4.79 Å². The Morgan fingerprint density at radius 1 is 1.10 bits per heavy atom. The predicted octanol–water partition coefficient (Wildman–Crippen LogP) is 5.49. The Kier molecular flexibility index (Phi) is 5.95. The van der Waals surface area contributed by atoms with E-state index in [0.29, 0.717) is 16.9 Å². The van der Waals surface area contributed by atoms with Crippen LogP contribution >= 0.6 is 11.8 Å². The van der Waals surface area contributed by atoms with Crippen LogP contribution in [0.2, 0.25) is 0 Å². The van der Waals surface area contributed by atoms with Gasteiger partial charge in [0.15, 0.2) is 0 Å². The number of nitrogens with zero attached hydrogens (tertiary/aromatic N) is 3. The molecule has 0 saturated carbocycles. The summed E-state index contributed by atoms with van der Waals surface area (Å²) in [7, 11) is 0. The van der Waals surface area contributed by atoms with Gasteiger partial charge in [0.1, 0.15) is 0 Å². The van der Waals surface area contributed by atoms with E-state index in [0.717, 1.165) is 24.9 Å². The molecule has 4 rings (SSSR count). The summed E-state index contributed by atoms with van der Waals surface area (Å²) in [5, 5.41) is 8.59. The largest absolute Gasteiger partial charge is 0.411 e. The highest BCUT2D eigenvalue weighted by molar-refractivity contribution is 7.99. The molecule has 1 fully saturated rings. The van der Waals surface area contributed by atoms with E-state index in [2.05, 4.69) is 55.2 Å². The van der Waals surface area contributed by atoms with Crippen LogP contribution in [-0.4, -0.2) is 33.3 Å². The molecular formula is C24H27N3O2S. The van der Waals surface area contributed by atoms with E-state index in [1.807, 2.05) is 35.2 Å². The minimum Gasteiger partial charge on any atom is -0.411 e. The molecule has 1 aromatic heterocycles. The van der Waals surface area contributed by atoms with E-state index in [4.69, 9.17) is 4.42 Å². The quantitative estimate of drug-likeness (QED) is 0.510. The van der Waals surface area contributed by atoms with Gasteiger partial charge in [0.25, 0.3) is 5.22 Å². The number of hydrogen-bond acceptors (Lipinski definition) is 5. The summed E-state index contributed by atoms with van der Waals surface area (Å²) in [5.74, 6) is 0.887. The highest BCUT2D eigenvalue weighted by atomic mass is 32.2. The smallest absolute Gasteiger partial charge is 0.277 e. The summed E-state index contributed by atoms with van der Waals surface area (Å²) in [6, 6.07) is 18.5. The molecule has 3 aromatic rings. The van der Waals surface area contributed by atoms with Gasteiger partial charge in [0, 0.05) is 12.1 Å². The Hall–Kier alpha value is -2.60. The lowest BCUT2D eigenvalue weighted by atomic mass is 9.86. The highest BCUT2D eigenvalue weighted by Gasteiger charge is 2.30. The molecule has 1 aliphatic rings. The van der Waals surface area contributed by atoms with Crippen molar-refractivity contribution >= 4 is 17.7 Å². The van der Waals surface area contributed by atoms with E-state index in [1.165, 1.54) is 22.9 Å². The second kappa shape index (κ2) is 8.64. The number of carbonyl (C=O) groups excluding carboxylic acids is 1. The summed E-state index contributed by atoms with van der Waals surface area (Å²) in [5.41, 5.74) is 3.52. The predicted molar refractivity (Wildman–Crippen MR) is 119 cm³/mol. The van der Waals surface area contributed by atoms with Crippen LogP contribution < -0.4 is 0 Å². The molecule has 6 heteroatoms. The molecule has 2 heterocycles. The summed E-state index contributed by atoms with van der Waals surface area (Å²) in [6.07, 6.45) is 2.03. The highest BCUT2D eigenvalue weighted by Crippen LogP contribution is 2.34. The van der Waals surface area contributed by atoms with Crippen molar-refractivity contribution in [2.75, 3.05) is 12.3 Å². The molecule has 1 saturated heterocycles. The van der Waals surface area contributed by atoms with Gasteiger partial charge < -0.3 is 9.32 Å². The molecular weight excluding hydrogens is 394 g/mol. The fraction of sp³-hybridized carbons (Fsp3) is 0.375. The first-order valence-electron chi connectivity index (χ1n) is 10.3. The third kappa shape index (κ3) is 4.59. The number of aromatic nitrogens is 2. The Morgan fingerprint density at radius 2 is 1.83 bits per heavy atom. The molecule has 0 bridgehead atoms. The van der Waals surface area contributed by atoms with Gasteiger partial charge in [-0.25, -0.2) is 0 Å². The van der Waals surface area contributed by atoms with Crippen molar-refractivity contribution in [3.05, 3.63) is 65.7 Å². The molecule has 2 aromatic carbocycles. The zero-order valence-electron chi connectivity index (χ0n) is 17.7. The maximum atomic E-state index is 12.9. The molecule has 1 atom stereocenters. The van der Waals surface area contributed by atoms with Gasteiger partial charge in [-0.3, -0.25) is 4.79 Å². The molecule has 0 N–H and O–H groups in total. The second-order valence-corrected chi connectivity index (χ2v) is 9.57. The molecule has 0 radical (unpaired) electrons. The lowest BCUT2D eigenvalue weighted by Crippen LogP contribution is -2.32. The van der Waals surface area contributed by atoms with Crippen LogP contribution in [0.5, 0.6) is 0 Å². The summed E-state index contributed by atoms with van der Waals surface area (Å²) >= 11 is 1.30. The third-order valence-electron chi connectivity index (χ3n) is 5.48. The van der Waals surface area contributed by atoms with Gasteiger partial charge in [-0.2, -0.15) is 0 Å². The molecule has 1 aliphatic heterocycles. The lowest BCUT2D eigenvalue weighted by molar-refractivity contribution is -0.129. The second-order valence-electron chi connectivity index (χ2n) is 8.64. The van der Waals surface area contributed by atoms with Gasteiger partial charge in [-0.05, 0) is 41.5 Å². The number of rotatable bonds is 5. The van der Waals surface area contributed by atoms with Crippen molar-refractivity contribution in [3.63, 3.8) is 0 Å². The number of thioether (sulfide) groups is 1. The molecule has 156 valence electrons. The number of benzene rings is 2. The van der Waals surface area contributed by atoms with Gasteiger partial charge in [0.2, 0.25) is 11.8 Å². The van der Waals surface area contributed by atoms with Crippen LogP contribution in [0.25, 0.3) is 11.5 Å². The summed E-state index contributed by atoms with van der Waals surface area (Å²) in [6.45, 7) is 7.44. The zero-order valence-corrected chi connectivity index (χ0v) is 18.5. The van der Waals surface area contributed by atoms with Crippen LogP contribution in [0, 0.1) is 0 Å². The van der Waals surface area contributed by atoms with Crippen LogP contribution in [0.3, 0.4) is 0 Å². The van der Waals surface area contributed by atoms with Crippen molar-refractivity contribution in [1.29, 1.82) is 0 Å². The monoisotopic (exact) mass is 421 g/mol. The lowest BCUT2D eigenvalue weighted by Gasteiger charge is -2.26. The van der Waals surface area contributed by atoms with Crippen molar-refractivity contribution in [1.82, 2.24) is 15.1 Å². The van der Waals surface area contributed by atoms with Crippen LogP contribution in [-0.2, 0) is 10.2 Å². The fourth-order valence-corrected chi connectivity index (χ4v) is 4.44. The number of carbonyl (C=O) groups is 1. The molecule has 0 spiro atoms. The minimum absolute atomic E-state index is 0.113. The Bertz CT molecular complexity index is 993. The van der Waals surface area contributed by atoms with Crippen molar-refractivity contribution in [2.24, 2.45) is 0 Å². The minimum atomic E-state index is 0.113. The summed E-state index contributed by atoms with van der Waals surface area (Å²) < 4.78 is 5.71. The van der Waals surface area contributed by atoms with Crippen LogP contribution in [0.1, 0.15) is 50.8 Å². The van der Waals surface area contributed by atoms with Gasteiger partial charge in [0.05, 0.1) is 11.8 Å². The SMILES string of the molecule is CC(C)(C)c1ccc(C2CCCN2C(=O)CSc2nnc(-c3ccccc3)o2)cc1. The van der Waals surface area contributed by atoms with E-state index >= 15 is 0 Å². The Balaban J connectivity index is 1.39. The molecule has 5 nitrogen and oxygen atoms in total. The first-order valence-corrected chi connectivity index (χ1v) is 11.3. The Morgan fingerprint density at radius 3 is 2.53 bits per heavy atom. The van der Waals surface area contributed by atoms with Crippen molar-refractivity contribution in [3.8, 4) is 11.5 Å². The molecule has 1 unspecified atom stereocenters. The van der Waals surface area contributed by atoms with Gasteiger partial charge in [-0.15, -0.1) is 10.2 Å². The maximum absolute atomic E-state index is 12.9. The normalized spacial score (nSPS) is 16.8. The number of amides is 1. The molecule has 1 amide bonds. The first-order chi connectivity index (χ1) is 14.4. The average Bonchev–Trinajstić information content (AvgIpc) is 3.42.